The number of anilines is 1. The van der Waals surface area contributed by atoms with Crippen molar-refractivity contribution in [2.75, 3.05) is 12.4 Å². The first-order valence-electron chi connectivity index (χ1n) is 6.29. The average Bonchev–Trinajstić information content (AvgIpc) is 2.84. The number of rotatable bonds is 3. The van der Waals surface area contributed by atoms with Gasteiger partial charge in [-0.05, 0) is 29.3 Å². The molecule has 0 aliphatic heterocycles. The molecule has 3 aromatic rings. The zero-order chi connectivity index (χ0) is 13.2. The van der Waals surface area contributed by atoms with Gasteiger partial charge in [0.2, 0.25) is 0 Å². The van der Waals surface area contributed by atoms with Crippen LogP contribution in [0, 0.1) is 0 Å². The van der Waals surface area contributed by atoms with Crippen LogP contribution in [-0.2, 0) is 6.42 Å². The standard InChI is InChI=1S/C16H15BrN2/c1-18-13-7-6-11(15(17)9-13)8-12-10-19-16-5-3-2-4-14(12)16/h2-7,9-10,18-19H,8H2,1H3. The third-order valence-corrected chi connectivity index (χ3v) is 4.14. The Morgan fingerprint density at radius 1 is 1.11 bits per heavy atom. The fourth-order valence-electron chi connectivity index (χ4n) is 2.33. The summed E-state index contributed by atoms with van der Waals surface area (Å²) >= 11 is 3.65. The molecule has 0 saturated carbocycles. The molecule has 19 heavy (non-hydrogen) atoms. The zero-order valence-electron chi connectivity index (χ0n) is 10.7. The molecule has 0 amide bonds. The fourth-order valence-corrected chi connectivity index (χ4v) is 2.85. The molecule has 1 heterocycles. The molecule has 0 unspecified atom stereocenters. The van der Waals surface area contributed by atoms with Gasteiger partial charge in [0.25, 0.3) is 0 Å². The van der Waals surface area contributed by atoms with E-state index in [1.54, 1.807) is 0 Å². The Labute approximate surface area is 121 Å². The van der Waals surface area contributed by atoms with E-state index in [1.807, 2.05) is 7.05 Å². The normalized spacial score (nSPS) is 10.8. The Bertz CT molecular complexity index is 716. The van der Waals surface area contributed by atoms with Crippen molar-refractivity contribution in [2.24, 2.45) is 0 Å². The lowest BCUT2D eigenvalue weighted by atomic mass is 10.0. The summed E-state index contributed by atoms with van der Waals surface area (Å²) in [4.78, 5) is 3.32. The smallest absolute Gasteiger partial charge is 0.0456 e. The minimum absolute atomic E-state index is 0.925. The summed E-state index contributed by atoms with van der Waals surface area (Å²) in [7, 11) is 1.93. The summed E-state index contributed by atoms with van der Waals surface area (Å²) in [5, 5.41) is 4.45. The van der Waals surface area contributed by atoms with Gasteiger partial charge in [-0.1, -0.05) is 40.2 Å². The highest BCUT2D eigenvalue weighted by atomic mass is 79.9. The van der Waals surface area contributed by atoms with Gasteiger partial charge >= 0.3 is 0 Å². The molecule has 3 heteroatoms. The minimum atomic E-state index is 0.925. The van der Waals surface area contributed by atoms with Crippen molar-refractivity contribution in [1.29, 1.82) is 0 Å². The number of nitrogens with one attached hydrogen (secondary N) is 2. The highest BCUT2D eigenvalue weighted by molar-refractivity contribution is 9.10. The zero-order valence-corrected chi connectivity index (χ0v) is 12.3. The maximum Gasteiger partial charge on any atom is 0.0456 e. The van der Waals surface area contributed by atoms with Crippen molar-refractivity contribution < 1.29 is 0 Å². The van der Waals surface area contributed by atoms with Crippen LogP contribution in [0.25, 0.3) is 10.9 Å². The van der Waals surface area contributed by atoms with E-state index in [4.69, 9.17) is 0 Å². The molecule has 2 N–H and O–H groups in total. The first-order chi connectivity index (χ1) is 9.28. The second-order valence-electron chi connectivity index (χ2n) is 4.59. The molecule has 0 aliphatic carbocycles. The fraction of sp³-hybridized carbons (Fsp3) is 0.125. The molecule has 0 bridgehead atoms. The topological polar surface area (TPSA) is 27.8 Å². The van der Waals surface area contributed by atoms with Gasteiger partial charge < -0.3 is 10.3 Å². The summed E-state index contributed by atoms with van der Waals surface area (Å²) in [6, 6.07) is 14.8. The van der Waals surface area contributed by atoms with Crippen molar-refractivity contribution in [3.63, 3.8) is 0 Å². The molecular formula is C16H15BrN2. The van der Waals surface area contributed by atoms with Crippen LogP contribution in [0.1, 0.15) is 11.1 Å². The summed E-state index contributed by atoms with van der Waals surface area (Å²) in [5.74, 6) is 0. The van der Waals surface area contributed by atoms with E-state index in [0.29, 0.717) is 0 Å². The third-order valence-electron chi connectivity index (χ3n) is 3.40. The van der Waals surface area contributed by atoms with E-state index >= 15 is 0 Å². The maximum atomic E-state index is 3.65. The molecule has 0 spiro atoms. The number of hydrogen-bond acceptors (Lipinski definition) is 1. The lowest BCUT2D eigenvalue weighted by Crippen LogP contribution is -1.92. The van der Waals surface area contributed by atoms with Crippen LogP contribution in [0.2, 0.25) is 0 Å². The van der Waals surface area contributed by atoms with Crippen LogP contribution in [0.15, 0.2) is 53.1 Å². The first kappa shape index (κ1) is 12.3. The Morgan fingerprint density at radius 3 is 2.74 bits per heavy atom. The highest BCUT2D eigenvalue weighted by Gasteiger charge is 2.07. The van der Waals surface area contributed by atoms with Gasteiger partial charge in [0, 0.05) is 40.7 Å². The van der Waals surface area contributed by atoms with Gasteiger partial charge in [-0.15, -0.1) is 0 Å². The summed E-state index contributed by atoms with van der Waals surface area (Å²) in [6.07, 6.45) is 3.03. The number of aromatic amines is 1. The van der Waals surface area contributed by atoms with Crippen molar-refractivity contribution in [3.8, 4) is 0 Å². The van der Waals surface area contributed by atoms with E-state index in [0.717, 1.165) is 16.6 Å². The maximum absolute atomic E-state index is 3.65. The monoisotopic (exact) mass is 314 g/mol. The van der Waals surface area contributed by atoms with Crippen LogP contribution < -0.4 is 5.32 Å². The number of para-hydroxylation sites is 1. The SMILES string of the molecule is CNc1ccc(Cc2c[nH]c3ccccc23)c(Br)c1. The Hall–Kier alpha value is -1.74. The third kappa shape index (κ3) is 2.38. The van der Waals surface area contributed by atoms with Crippen molar-refractivity contribution in [2.45, 2.75) is 6.42 Å². The number of fused-ring (bicyclic) bond motifs is 1. The molecule has 2 aromatic carbocycles. The second kappa shape index (κ2) is 5.10. The molecule has 0 saturated heterocycles. The number of aromatic nitrogens is 1. The second-order valence-corrected chi connectivity index (χ2v) is 5.45. The average molecular weight is 315 g/mol. The van der Waals surface area contributed by atoms with Crippen LogP contribution >= 0.6 is 15.9 Å². The van der Waals surface area contributed by atoms with Crippen LogP contribution in [0.3, 0.4) is 0 Å². The first-order valence-corrected chi connectivity index (χ1v) is 7.08. The Balaban J connectivity index is 1.97. The molecule has 3 rings (SSSR count). The highest BCUT2D eigenvalue weighted by Crippen LogP contribution is 2.26. The van der Waals surface area contributed by atoms with Gasteiger partial charge in [0.1, 0.15) is 0 Å². The summed E-state index contributed by atoms with van der Waals surface area (Å²) < 4.78 is 1.14. The van der Waals surface area contributed by atoms with Crippen LogP contribution in [0.4, 0.5) is 5.69 Å². The predicted octanol–water partition coefficient (Wildman–Crippen LogP) is 4.56. The molecule has 2 nitrogen and oxygen atoms in total. The van der Waals surface area contributed by atoms with E-state index in [1.165, 1.54) is 22.0 Å². The predicted molar refractivity (Wildman–Crippen MR) is 84.8 cm³/mol. The molecule has 1 aromatic heterocycles. The minimum Gasteiger partial charge on any atom is -0.388 e. The van der Waals surface area contributed by atoms with Gasteiger partial charge in [-0.25, -0.2) is 0 Å². The van der Waals surface area contributed by atoms with Crippen LogP contribution in [-0.4, -0.2) is 12.0 Å². The van der Waals surface area contributed by atoms with E-state index < -0.39 is 0 Å². The van der Waals surface area contributed by atoms with E-state index in [-0.39, 0.29) is 0 Å². The molecule has 0 atom stereocenters. The van der Waals surface area contributed by atoms with Gasteiger partial charge in [0.05, 0.1) is 0 Å². The molecule has 0 radical (unpaired) electrons. The Morgan fingerprint density at radius 2 is 1.95 bits per heavy atom. The molecule has 96 valence electrons. The number of H-pyrrole nitrogens is 1. The van der Waals surface area contributed by atoms with Crippen molar-refractivity contribution >= 4 is 32.5 Å². The lowest BCUT2D eigenvalue weighted by Gasteiger charge is -2.07. The number of halogens is 1. The van der Waals surface area contributed by atoms with E-state index in [2.05, 4.69) is 74.9 Å². The molecular weight excluding hydrogens is 300 g/mol. The quantitative estimate of drug-likeness (QED) is 0.728. The van der Waals surface area contributed by atoms with Gasteiger partial charge in [-0.3, -0.25) is 0 Å². The van der Waals surface area contributed by atoms with Crippen molar-refractivity contribution in [1.82, 2.24) is 4.98 Å². The number of benzene rings is 2. The number of hydrogen-bond donors (Lipinski definition) is 2. The van der Waals surface area contributed by atoms with Gasteiger partial charge in [-0.2, -0.15) is 0 Å². The van der Waals surface area contributed by atoms with Crippen molar-refractivity contribution in [3.05, 3.63) is 64.3 Å². The molecule has 0 aliphatic rings. The van der Waals surface area contributed by atoms with Crippen LogP contribution in [0.5, 0.6) is 0 Å². The largest absolute Gasteiger partial charge is 0.388 e. The molecule has 0 fully saturated rings. The summed E-state index contributed by atoms with van der Waals surface area (Å²) in [5.41, 5.74) is 4.94. The van der Waals surface area contributed by atoms with Gasteiger partial charge in [0.15, 0.2) is 0 Å². The lowest BCUT2D eigenvalue weighted by molar-refractivity contribution is 1.19. The summed E-state index contributed by atoms with van der Waals surface area (Å²) in [6.45, 7) is 0. The Kier molecular flexibility index (Phi) is 3.30. The van der Waals surface area contributed by atoms with E-state index in [9.17, 15) is 0 Å².